The summed E-state index contributed by atoms with van der Waals surface area (Å²) in [6.45, 7) is 6.27. The van der Waals surface area contributed by atoms with Crippen molar-refractivity contribution in [2.45, 2.75) is 6.92 Å². The molecule has 0 aliphatic heterocycles. The normalized spacial score (nSPS) is 9.95. The molecule has 2 aromatic rings. The smallest absolute Gasteiger partial charge is 0.338 e. The number of ether oxygens (including phenoxy) is 1. The maximum Gasteiger partial charge on any atom is 0.338 e. The van der Waals surface area contributed by atoms with E-state index >= 15 is 0 Å². The molecule has 96 valence electrons. The highest BCUT2D eigenvalue weighted by molar-refractivity contribution is 5.90. The molecule has 0 aliphatic rings. The van der Waals surface area contributed by atoms with Gasteiger partial charge in [-0.15, -0.1) is 0 Å². The van der Waals surface area contributed by atoms with Crippen LogP contribution in [0.2, 0.25) is 0 Å². The highest BCUT2D eigenvalue weighted by atomic mass is 16.5. The number of carbonyl (C=O) groups is 1. The summed E-state index contributed by atoms with van der Waals surface area (Å²) in [7, 11) is 0. The van der Waals surface area contributed by atoms with Gasteiger partial charge in [0.15, 0.2) is 0 Å². The molecule has 0 aliphatic carbocycles. The third-order valence-electron chi connectivity index (χ3n) is 2.87. The Kier molecular flexibility index (Phi) is 4.14. The van der Waals surface area contributed by atoms with Crippen molar-refractivity contribution in [3.05, 3.63) is 77.9 Å². The van der Waals surface area contributed by atoms with Crippen molar-refractivity contribution >= 4 is 11.5 Å². The summed E-state index contributed by atoms with van der Waals surface area (Å²) < 4.78 is 4.95. The SMILES string of the molecule is C=C(c1ccccc1)c1ccc(C(=O)OCC)cc1. The molecule has 0 spiro atoms. The lowest BCUT2D eigenvalue weighted by Crippen LogP contribution is -2.04. The third-order valence-corrected chi connectivity index (χ3v) is 2.87. The summed E-state index contributed by atoms with van der Waals surface area (Å²) in [6, 6.07) is 17.3. The quantitative estimate of drug-likeness (QED) is 0.771. The van der Waals surface area contributed by atoms with Crippen LogP contribution in [0.15, 0.2) is 61.2 Å². The average molecular weight is 252 g/mol. The lowest BCUT2D eigenvalue weighted by atomic mass is 9.99. The topological polar surface area (TPSA) is 26.3 Å². The van der Waals surface area contributed by atoms with Crippen molar-refractivity contribution in [2.24, 2.45) is 0 Å². The van der Waals surface area contributed by atoms with Crippen molar-refractivity contribution in [1.82, 2.24) is 0 Å². The molecular formula is C17H16O2. The van der Waals surface area contributed by atoms with Gasteiger partial charge in [0.1, 0.15) is 0 Å². The van der Waals surface area contributed by atoms with E-state index in [0.717, 1.165) is 16.7 Å². The van der Waals surface area contributed by atoms with Crippen LogP contribution in [0.4, 0.5) is 0 Å². The Morgan fingerprint density at radius 2 is 1.47 bits per heavy atom. The standard InChI is InChI=1S/C17H16O2/c1-3-19-17(18)16-11-9-15(10-12-16)13(2)14-7-5-4-6-8-14/h4-12H,2-3H2,1H3. The number of rotatable bonds is 4. The lowest BCUT2D eigenvalue weighted by Gasteiger charge is -2.07. The predicted molar refractivity (Wildman–Crippen MR) is 77.0 cm³/mol. The minimum atomic E-state index is -0.292. The van der Waals surface area contributed by atoms with Gasteiger partial charge in [0, 0.05) is 0 Å². The van der Waals surface area contributed by atoms with Gasteiger partial charge in [-0.1, -0.05) is 49.0 Å². The highest BCUT2D eigenvalue weighted by Gasteiger charge is 2.07. The van der Waals surface area contributed by atoms with Gasteiger partial charge >= 0.3 is 5.97 Å². The van der Waals surface area contributed by atoms with Crippen LogP contribution in [0.1, 0.15) is 28.4 Å². The fourth-order valence-corrected chi connectivity index (χ4v) is 1.83. The Labute approximate surface area is 113 Å². The Morgan fingerprint density at radius 1 is 0.947 bits per heavy atom. The molecule has 0 saturated carbocycles. The molecule has 0 atom stereocenters. The minimum absolute atomic E-state index is 0.292. The van der Waals surface area contributed by atoms with E-state index in [2.05, 4.69) is 6.58 Å². The highest BCUT2D eigenvalue weighted by Crippen LogP contribution is 2.21. The Bertz CT molecular complexity index is 568. The first-order valence-electron chi connectivity index (χ1n) is 6.24. The summed E-state index contributed by atoms with van der Waals surface area (Å²) in [5.74, 6) is -0.292. The second kappa shape index (κ2) is 6.01. The largest absolute Gasteiger partial charge is 0.462 e. The van der Waals surface area contributed by atoms with Crippen LogP contribution in [-0.2, 0) is 4.74 Å². The first kappa shape index (κ1) is 13.1. The molecule has 0 N–H and O–H groups in total. The lowest BCUT2D eigenvalue weighted by molar-refractivity contribution is 0.0526. The molecule has 0 aromatic heterocycles. The summed E-state index contributed by atoms with van der Waals surface area (Å²) in [6.07, 6.45) is 0. The second-order valence-corrected chi connectivity index (χ2v) is 4.14. The van der Waals surface area contributed by atoms with E-state index in [4.69, 9.17) is 4.74 Å². The number of carbonyl (C=O) groups excluding carboxylic acids is 1. The van der Waals surface area contributed by atoms with Gasteiger partial charge in [-0.25, -0.2) is 4.79 Å². The molecule has 0 amide bonds. The number of benzene rings is 2. The molecule has 2 aromatic carbocycles. The van der Waals surface area contributed by atoms with Crippen LogP contribution in [0.25, 0.3) is 5.57 Å². The van der Waals surface area contributed by atoms with E-state index in [9.17, 15) is 4.79 Å². The van der Waals surface area contributed by atoms with E-state index < -0.39 is 0 Å². The van der Waals surface area contributed by atoms with E-state index in [-0.39, 0.29) is 5.97 Å². The molecule has 0 radical (unpaired) electrons. The van der Waals surface area contributed by atoms with Gasteiger partial charge in [0.25, 0.3) is 0 Å². The molecule has 0 bridgehead atoms. The van der Waals surface area contributed by atoms with Crippen LogP contribution in [0, 0.1) is 0 Å². The molecular weight excluding hydrogens is 236 g/mol. The first-order chi connectivity index (χ1) is 9.22. The van der Waals surface area contributed by atoms with Crippen LogP contribution in [0.3, 0.4) is 0 Å². The van der Waals surface area contributed by atoms with Gasteiger partial charge in [-0.05, 0) is 35.8 Å². The summed E-state index contributed by atoms with van der Waals surface area (Å²) in [4.78, 5) is 11.6. The molecule has 0 fully saturated rings. The fourth-order valence-electron chi connectivity index (χ4n) is 1.83. The molecule has 0 saturated heterocycles. The van der Waals surface area contributed by atoms with Gasteiger partial charge in [0.2, 0.25) is 0 Å². The number of hydrogen-bond acceptors (Lipinski definition) is 2. The minimum Gasteiger partial charge on any atom is -0.462 e. The van der Waals surface area contributed by atoms with Crippen molar-refractivity contribution < 1.29 is 9.53 Å². The predicted octanol–water partition coefficient (Wildman–Crippen LogP) is 3.92. The van der Waals surface area contributed by atoms with Crippen LogP contribution >= 0.6 is 0 Å². The number of hydrogen-bond donors (Lipinski definition) is 0. The van der Waals surface area contributed by atoms with Gasteiger partial charge < -0.3 is 4.74 Å². The van der Waals surface area contributed by atoms with Gasteiger partial charge in [0.05, 0.1) is 12.2 Å². The van der Waals surface area contributed by atoms with Gasteiger partial charge in [-0.2, -0.15) is 0 Å². The Morgan fingerprint density at radius 3 is 2.05 bits per heavy atom. The monoisotopic (exact) mass is 252 g/mol. The summed E-state index contributed by atoms with van der Waals surface area (Å²) in [5, 5.41) is 0. The average Bonchev–Trinajstić information content (AvgIpc) is 2.48. The zero-order valence-electron chi connectivity index (χ0n) is 10.9. The molecule has 2 rings (SSSR count). The van der Waals surface area contributed by atoms with Crippen LogP contribution in [-0.4, -0.2) is 12.6 Å². The maximum absolute atomic E-state index is 11.6. The fraction of sp³-hybridized carbons (Fsp3) is 0.118. The maximum atomic E-state index is 11.6. The van der Waals surface area contributed by atoms with Gasteiger partial charge in [-0.3, -0.25) is 0 Å². The zero-order chi connectivity index (χ0) is 13.7. The molecule has 0 unspecified atom stereocenters. The van der Waals surface area contributed by atoms with E-state index in [0.29, 0.717) is 12.2 Å². The van der Waals surface area contributed by atoms with Crippen LogP contribution in [0.5, 0.6) is 0 Å². The van der Waals surface area contributed by atoms with Crippen molar-refractivity contribution in [3.63, 3.8) is 0 Å². The van der Waals surface area contributed by atoms with E-state index in [1.54, 1.807) is 19.1 Å². The Hall–Kier alpha value is -2.35. The summed E-state index contributed by atoms with van der Waals surface area (Å²) >= 11 is 0. The van der Waals surface area contributed by atoms with Crippen molar-refractivity contribution in [2.75, 3.05) is 6.61 Å². The first-order valence-corrected chi connectivity index (χ1v) is 6.24. The van der Waals surface area contributed by atoms with E-state index in [1.807, 2.05) is 42.5 Å². The second-order valence-electron chi connectivity index (χ2n) is 4.14. The zero-order valence-corrected chi connectivity index (χ0v) is 10.9. The number of esters is 1. The summed E-state index contributed by atoms with van der Waals surface area (Å²) in [5.41, 5.74) is 3.58. The van der Waals surface area contributed by atoms with Crippen molar-refractivity contribution in [3.8, 4) is 0 Å². The molecule has 2 heteroatoms. The van der Waals surface area contributed by atoms with E-state index in [1.165, 1.54) is 0 Å². The molecule has 2 nitrogen and oxygen atoms in total. The van der Waals surface area contributed by atoms with Crippen molar-refractivity contribution in [1.29, 1.82) is 0 Å². The molecule has 19 heavy (non-hydrogen) atoms. The molecule has 0 heterocycles. The van der Waals surface area contributed by atoms with Crippen LogP contribution < -0.4 is 0 Å². The Balaban J connectivity index is 2.19. The third kappa shape index (κ3) is 3.10.